The van der Waals surface area contributed by atoms with Gasteiger partial charge in [0, 0.05) is 46.0 Å². The van der Waals surface area contributed by atoms with E-state index >= 15 is 0 Å². The van der Waals surface area contributed by atoms with Crippen molar-refractivity contribution >= 4 is 44.6 Å². The third-order valence-corrected chi connectivity index (χ3v) is 12.9. The quantitative estimate of drug-likeness (QED) is 0.160. The summed E-state index contributed by atoms with van der Waals surface area (Å²) < 4.78 is 9.09. The molecular weight excluding hydrogens is 793 g/mol. The van der Waals surface area contributed by atoms with Crippen molar-refractivity contribution in [1.82, 2.24) is 9.55 Å². The zero-order valence-electron chi connectivity index (χ0n) is 39.1. The number of nitrogens with zero attached hydrogens (tertiary/aromatic N) is 4. The van der Waals surface area contributed by atoms with Crippen molar-refractivity contribution in [2.45, 2.75) is 78.6 Å². The summed E-state index contributed by atoms with van der Waals surface area (Å²) in [6, 6.07) is 61.1. The molecule has 0 amide bonds. The van der Waals surface area contributed by atoms with Crippen molar-refractivity contribution in [2.24, 2.45) is 0 Å². The predicted octanol–water partition coefficient (Wildman–Crippen LogP) is 16.4. The molecule has 2 aromatic heterocycles. The fourth-order valence-corrected chi connectivity index (χ4v) is 9.29. The van der Waals surface area contributed by atoms with Gasteiger partial charge < -0.3 is 14.5 Å². The van der Waals surface area contributed by atoms with Crippen LogP contribution in [0, 0.1) is 0 Å². The SMILES string of the molecule is CC(C)(C)c1cc(N2CN(c3cccc(Oc4ccc5c6ccccc6n(-c6cc(C(C)(C)C)c(-c7ccc(-c8ccccc8)cc7)cn6)c5c4)c3)c3ccccc32)cc(C(C)(C)C)c1. The monoisotopic (exact) mass is 850 g/mol. The van der Waals surface area contributed by atoms with Crippen LogP contribution in [0.15, 0.2) is 176 Å². The minimum Gasteiger partial charge on any atom is -0.457 e. The van der Waals surface area contributed by atoms with E-state index in [1.54, 1.807) is 0 Å². The largest absolute Gasteiger partial charge is 0.457 e. The van der Waals surface area contributed by atoms with E-state index in [-0.39, 0.29) is 16.2 Å². The van der Waals surface area contributed by atoms with E-state index < -0.39 is 0 Å². The van der Waals surface area contributed by atoms with E-state index in [9.17, 15) is 0 Å². The summed E-state index contributed by atoms with van der Waals surface area (Å²) in [6.45, 7) is 21.3. The van der Waals surface area contributed by atoms with Crippen LogP contribution >= 0.6 is 0 Å². The molecule has 0 spiro atoms. The molecular formula is C60H58N4O. The molecule has 324 valence electrons. The van der Waals surface area contributed by atoms with Gasteiger partial charge in [-0.25, -0.2) is 4.98 Å². The zero-order valence-corrected chi connectivity index (χ0v) is 39.1. The highest BCUT2D eigenvalue weighted by atomic mass is 16.5. The molecule has 65 heavy (non-hydrogen) atoms. The molecule has 0 saturated heterocycles. The maximum absolute atomic E-state index is 6.80. The Kier molecular flexibility index (Phi) is 10.2. The fourth-order valence-electron chi connectivity index (χ4n) is 9.29. The molecule has 0 radical (unpaired) electrons. The molecule has 9 aromatic rings. The van der Waals surface area contributed by atoms with Gasteiger partial charge in [-0.05, 0) is 110 Å². The minimum absolute atomic E-state index is 0.0189. The number of hydrogen-bond donors (Lipinski definition) is 0. The Morgan fingerprint density at radius 1 is 0.446 bits per heavy atom. The Balaban J connectivity index is 0.995. The predicted molar refractivity (Wildman–Crippen MR) is 274 cm³/mol. The molecule has 10 rings (SSSR count). The smallest absolute Gasteiger partial charge is 0.137 e. The summed E-state index contributed by atoms with van der Waals surface area (Å²) in [5.41, 5.74) is 15.3. The average molecular weight is 851 g/mol. The molecule has 0 aliphatic carbocycles. The molecule has 5 heteroatoms. The van der Waals surface area contributed by atoms with Crippen LogP contribution in [0.25, 0.3) is 49.9 Å². The highest BCUT2D eigenvalue weighted by Gasteiger charge is 2.31. The van der Waals surface area contributed by atoms with Crippen LogP contribution in [0.4, 0.5) is 22.7 Å². The van der Waals surface area contributed by atoms with Gasteiger partial charge in [-0.15, -0.1) is 0 Å². The lowest BCUT2D eigenvalue weighted by Gasteiger charge is -2.29. The lowest BCUT2D eigenvalue weighted by molar-refractivity contribution is 0.483. The number of para-hydroxylation sites is 3. The number of rotatable bonds is 7. The third-order valence-electron chi connectivity index (χ3n) is 12.9. The molecule has 1 aliphatic rings. The van der Waals surface area contributed by atoms with Crippen LogP contribution in [0.2, 0.25) is 0 Å². The molecule has 5 nitrogen and oxygen atoms in total. The Labute approximate surface area is 384 Å². The van der Waals surface area contributed by atoms with Crippen LogP contribution in [0.3, 0.4) is 0 Å². The normalized spacial score (nSPS) is 13.2. The first-order chi connectivity index (χ1) is 31.1. The Morgan fingerprint density at radius 2 is 1.03 bits per heavy atom. The van der Waals surface area contributed by atoms with Crippen molar-refractivity contribution in [3.63, 3.8) is 0 Å². The summed E-state index contributed by atoms with van der Waals surface area (Å²) in [5.74, 6) is 2.42. The van der Waals surface area contributed by atoms with Crippen molar-refractivity contribution in [2.75, 3.05) is 16.5 Å². The molecule has 0 bridgehead atoms. The average Bonchev–Trinajstić information content (AvgIpc) is 3.84. The lowest BCUT2D eigenvalue weighted by atomic mass is 9.80. The van der Waals surface area contributed by atoms with Crippen molar-refractivity contribution in [3.8, 4) is 39.6 Å². The van der Waals surface area contributed by atoms with Crippen LogP contribution in [0.5, 0.6) is 11.5 Å². The second kappa shape index (κ2) is 15.8. The summed E-state index contributed by atoms with van der Waals surface area (Å²) >= 11 is 0. The van der Waals surface area contributed by atoms with Gasteiger partial charge in [0.1, 0.15) is 24.0 Å². The number of anilines is 4. The van der Waals surface area contributed by atoms with Gasteiger partial charge in [-0.2, -0.15) is 0 Å². The maximum atomic E-state index is 6.80. The Morgan fingerprint density at radius 3 is 1.71 bits per heavy atom. The van der Waals surface area contributed by atoms with E-state index in [2.05, 4.69) is 247 Å². The summed E-state index contributed by atoms with van der Waals surface area (Å²) in [5, 5.41) is 2.33. The molecule has 0 saturated carbocycles. The minimum atomic E-state index is -0.137. The van der Waals surface area contributed by atoms with Crippen LogP contribution < -0.4 is 14.5 Å². The van der Waals surface area contributed by atoms with Gasteiger partial charge in [0.15, 0.2) is 0 Å². The van der Waals surface area contributed by atoms with Gasteiger partial charge in [0.25, 0.3) is 0 Å². The van der Waals surface area contributed by atoms with Crippen LogP contribution in [-0.2, 0) is 16.2 Å². The molecule has 0 unspecified atom stereocenters. The highest BCUT2D eigenvalue weighted by Crippen LogP contribution is 2.47. The summed E-state index contributed by atoms with van der Waals surface area (Å²) in [4.78, 5) is 10.1. The van der Waals surface area contributed by atoms with Crippen molar-refractivity contribution in [3.05, 3.63) is 193 Å². The number of pyridine rings is 1. The molecule has 3 heterocycles. The van der Waals surface area contributed by atoms with Crippen molar-refractivity contribution in [1.29, 1.82) is 0 Å². The van der Waals surface area contributed by atoms with E-state index in [1.807, 2.05) is 6.07 Å². The molecule has 0 atom stereocenters. The topological polar surface area (TPSA) is 33.5 Å². The first-order valence-corrected chi connectivity index (χ1v) is 22.9. The standard InChI is InChI=1S/C60H58N4O/c1-58(2,3)43-32-44(59(4,5)6)34-46(33-43)63-39-62(54-24-15-16-25-55(54)63)45-20-17-21-47(35-45)65-48-30-31-50-49-22-13-14-23-53(49)64(56(50)36-48)57-37-52(60(7,8)9)51(38-61-57)42-28-26-41(27-29-42)40-18-11-10-12-19-40/h10-38H,39H2,1-9H3. The van der Waals surface area contributed by atoms with Crippen LogP contribution in [0.1, 0.15) is 79.0 Å². The molecule has 7 aromatic carbocycles. The van der Waals surface area contributed by atoms with E-state index in [0.29, 0.717) is 6.67 Å². The van der Waals surface area contributed by atoms with E-state index in [0.717, 1.165) is 50.6 Å². The Bertz CT molecular complexity index is 3180. The van der Waals surface area contributed by atoms with Gasteiger partial charge in [0.2, 0.25) is 0 Å². The fraction of sp³-hybridized carbons (Fsp3) is 0.217. The first-order valence-electron chi connectivity index (χ1n) is 22.9. The van der Waals surface area contributed by atoms with E-state index in [4.69, 9.17) is 9.72 Å². The number of benzene rings is 7. The first kappa shape index (κ1) is 41.9. The number of ether oxygens (including phenoxy) is 1. The number of hydrogen-bond acceptors (Lipinski definition) is 4. The van der Waals surface area contributed by atoms with Crippen LogP contribution in [-0.4, -0.2) is 16.2 Å². The van der Waals surface area contributed by atoms with Gasteiger partial charge in [-0.1, -0.05) is 159 Å². The zero-order chi connectivity index (χ0) is 45.3. The van der Waals surface area contributed by atoms with E-state index in [1.165, 1.54) is 50.3 Å². The summed E-state index contributed by atoms with van der Waals surface area (Å²) in [7, 11) is 0. The van der Waals surface area contributed by atoms with Gasteiger partial charge in [-0.3, -0.25) is 4.57 Å². The second-order valence-corrected chi connectivity index (χ2v) is 20.7. The number of aromatic nitrogens is 2. The highest BCUT2D eigenvalue weighted by molar-refractivity contribution is 6.09. The van der Waals surface area contributed by atoms with Gasteiger partial charge in [0.05, 0.1) is 22.4 Å². The Hall–Kier alpha value is -7.11. The molecule has 0 fully saturated rings. The lowest BCUT2D eigenvalue weighted by Crippen LogP contribution is -2.25. The number of fused-ring (bicyclic) bond motifs is 4. The molecule has 0 N–H and O–H groups in total. The third kappa shape index (κ3) is 7.94. The summed E-state index contributed by atoms with van der Waals surface area (Å²) in [6.07, 6.45) is 2.06. The maximum Gasteiger partial charge on any atom is 0.137 e. The van der Waals surface area contributed by atoms with Crippen molar-refractivity contribution < 1.29 is 4.74 Å². The molecule has 1 aliphatic heterocycles. The second-order valence-electron chi connectivity index (χ2n) is 20.7. The van der Waals surface area contributed by atoms with Gasteiger partial charge >= 0.3 is 0 Å².